The van der Waals surface area contributed by atoms with Gasteiger partial charge in [0.15, 0.2) is 0 Å². The molecule has 0 unspecified atom stereocenters. The van der Waals surface area contributed by atoms with Crippen LogP contribution in [0.1, 0.15) is 0 Å². The fourth-order valence-electron chi connectivity index (χ4n) is 7.17. The number of hydrogen-bond acceptors (Lipinski definition) is 3. The van der Waals surface area contributed by atoms with E-state index in [9.17, 15) is 0 Å². The van der Waals surface area contributed by atoms with Crippen molar-refractivity contribution in [3.8, 4) is 11.1 Å². The molecule has 0 N–H and O–H groups in total. The molecule has 0 bridgehead atoms. The Hall–Kier alpha value is -5.90. The Morgan fingerprint density at radius 3 is 1.94 bits per heavy atom. The Morgan fingerprint density at radius 1 is 0.362 bits per heavy atom. The number of thiophene rings is 1. The number of hydrogen-bond donors (Lipinski definition) is 0. The second kappa shape index (κ2) is 10.3. The van der Waals surface area contributed by atoms with Crippen LogP contribution < -0.4 is 4.90 Å². The summed E-state index contributed by atoms with van der Waals surface area (Å²) in [6.45, 7) is 0. The summed E-state index contributed by atoms with van der Waals surface area (Å²) in [5.74, 6) is 0. The highest BCUT2D eigenvalue weighted by Crippen LogP contribution is 2.43. The average Bonchev–Trinajstić information content (AvgIpc) is 3.68. The van der Waals surface area contributed by atoms with Crippen molar-refractivity contribution in [1.82, 2.24) is 0 Å². The average molecular weight is 618 g/mol. The van der Waals surface area contributed by atoms with E-state index in [0.29, 0.717) is 0 Å². The van der Waals surface area contributed by atoms with Crippen molar-refractivity contribution in [2.75, 3.05) is 4.90 Å². The summed E-state index contributed by atoms with van der Waals surface area (Å²) in [7, 11) is 0. The summed E-state index contributed by atoms with van der Waals surface area (Å²) in [4.78, 5) is 2.40. The normalized spacial score (nSPS) is 11.8. The van der Waals surface area contributed by atoms with Crippen LogP contribution in [0, 0.1) is 0 Å². The number of benzene rings is 8. The van der Waals surface area contributed by atoms with Crippen molar-refractivity contribution < 1.29 is 4.42 Å². The first-order chi connectivity index (χ1) is 23.3. The standard InChI is InChI=1S/C44H27NOS/c1-2-9-28(10-3-1)29-11-8-12-32(23-29)45(34-20-22-38-37-14-5-7-16-43(37)47-44(38)26-34)33-19-21-35-30(24-33)17-18-31-25-42-40(27-39(31)35)36-13-4-6-15-41(36)46-42/h1-27H. The SMILES string of the molecule is c1ccc(-c2cccc(N(c3ccc4c(ccc5cc6oc7ccccc7c6cc54)c3)c3ccc4c(c3)sc3ccccc34)c2)cc1. The lowest BCUT2D eigenvalue weighted by Gasteiger charge is -2.26. The molecule has 2 aromatic heterocycles. The fraction of sp³-hybridized carbons (Fsp3) is 0. The molecule has 0 aliphatic heterocycles. The Bertz CT molecular complexity index is 2810. The van der Waals surface area contributed by atoms with Crippen LogP contribution in [0.4, 0.5) is 17.1 Å². The number of fused-ring (bicyclic) bond motifs is 9. The molecular weight excluding hydrogens is 591 g/mol. The van der Waals surface area contributed by atoms with E-state index in [4.69, 9.17) is 4.42 Å². The van der Waals surface area contributed by atoms with E-state index in [1.165, 1.54) is 52.8 Å². The van der Waals surface area contributed by atoms with E-state index in [1.54, 1.807) is 0 Å². The predicted molar refractivity (Wildman–Crippen MR) is 202 cm³/mol. The van der Waals surface area contributed by atoms with Gasteiger partial charge in [0.1, 0.15) is 11.2 Å². The van der Waals surface area contributed by atoms with Crippen molar-refractivity contribution in [3.63, 3.8) is 0 Å². The van der Waals surface area contributed by atoms with Crippen LogP contribution in [0.5, 0.6) is 0 Å². The number of rotatable bonds is 4. The molecule has 0 amide bonds. The third kappa shape index (κ3) is 4.25. The van der Waals surface area contributed by atoms with Crippen molar-refractivity contribution in [3.05, 3.63) is 164 Å². The molecule has 0 saturated carbocycles. The molecule has 0 aliphatic carbocycles. The van der Waals surface area contributed by atoms with Crippen molar-refractivity contribution in [1.29, 1.82) is 0 Å². The Morgan fingerprint density at radius 2 is 1.04 bits per heavy atom. The van der Waals surface area contributed by atoms with Gasteiger partial charge in [-0.05, 0) is 93.3 Å². The van der Waals surface area contributed by atoms with Gasteiger partial charge in [-0.2, -0.15) is 0 Å². The van der Waals surface area contributed by atoms with Gasteiger partial charge >= 0.3 is 0 Å². The highest BCUT2D eigenvalue weighted by molar-refractivity contribution is 7.25. The second-order valence-corrected chi connectivity index (χ2v) is 13.3. The quantitative estimate of drug-likeness (QED) is 0.183. The van der Waals surface area contributed by atoms with Crippen LogP contribution in [0.25, 0.3) is 74.8 Å². The summed E-state index contributed by atoms with van der Waals surface area (Å²) in [5.41, 5.74) is 7.64. The molecule has 0 radical (unpaired) electrons. The Labute approximate surface area is 275 Å². The van der Waals surface area contributed by atoms with E-state index in [2.05, 4.69) is 157 Å². The summed E-state index contributed by atoms with van der Waals surface area (Å²) >= 11 is 1.86. The van der Waals surface area contributed by atoms with Gasteiger partial charge in [-0.25, -0.2) is 0 Å². The lowest BCUT2D eigenvalue weighted by atomic mass is 9.98. The third-order valence-electron chi connectivity index (χ3n) is 9.41. The maximum atomic E-state index is 6.21. The molecule has 0 aliphatic rings. The van der Waals surface area contributed by atoms with Crippen LogP contribution >= 0.6 is 11.3 Å². The lowest BCUT2D eigenvalue weighted by Crippen LogP contribution is -2.10. The largest absolute Gasteiger partial charge is 0.456 e. The van der Waals surface area contributed by atoms with Gasteiger partial charge in [0.05, 0.1) is 0 Å². The van der Waals surface area contributed by atoms with Gasteiger partial charge in [-0.15, -0.1) is 11.3 Å². The van der Waals surface area contributed by atoms with Crippen molar-refractivity contribution in [2.45, 2.75) is 0 Å². The zero-order chi connectivity index (χ0) is 30.9. The lowest BCUT2D eigenvalue weighted by molar-refractivity contribution is 0.669. The minimum absolute atomic E-state index is 0.924. The summed E-state index contributed by atoms with van der Waals surface area (Å²) in [6, 6.07) is 59.2. The molecule has 8 aromatic carbocycles. The van der Waals surface area contributed by atoms with Gasteiger partial charge in [0, 0.05) is 48.0 Å². The van der Waals surface area contributed by atoms with E-state index in [0.717, 1.165) is 39.0 Å². The second-order valence-electron chi connectivity index (χ2n) is 12.2. The first kappa shape index (κ1) is 26.3. The van der Waals surface area contributed by atoms with E-state index in [1.807, 2.05) is 23.5 Å². The minimum atomic E-state index is 0.924. The van der Waals surface area contributed by atoms with E-state index in [-0.39, 0.29) is 0 Å². The van der Waals surface area contributed by atoms with Crippen molar-refractivity contribution in [2.24, 2.45) is 0 Å². The summed E-state index contributed by atoms with van der Waals surface area (Å²) < 4.78 is 8.81. The highest BCUT2D eigenvalue weighted by atomic mass is 32.1. The van der Waals surface area contributed by atoms with Gasteiger partial charge in [-0.3, -0.25) is 0 Å². The van der Waals surface area contributed by atoms with Gasteiger partial charge in [0.25, 0.3) is 0 Å². The molecular formula is C44H27NOS. The van der Waals surface area contributed by atoms with Crippen LogP contribution in [-0.4, -0.2) is 0 Å². The Kier molecular flexibility index (Phi) is 5.78. The molecule has 220 valence electrons. The topological polar surface area (TPSA) is 16.4 Å². The predicted octanol–water partition coefficient (Wildman–Crippen LogP) is 13.4. The molecule has 2 nitrogen and oxygen atoms in total. The number of nitrogens with zero attached hydrogens (tertiary/aromatic N) is 1. The zero-order valence-electron chi connectivity index (χ0n) is 25.4. The molecule has 10 rings (SSSR count). The van der Waals surface area contributed by atoms with Gasteiger partial charge < -0.3 is 9.32 Å². The minimum Gasteiger partial charge on any atom is -0.456 e. The van der Waals surface area contributed by atoms with Crippen molar-refractivity contribution >= 4 is 92.1 Å². The Balaban J connectivity index is 1.18. The van der Waals surface area contributed by atoms with E-state index >= 15 is 0 Å². The number of anilines is 3. The van der Waals surface area contributed by atoms with Crippen LogP contribution in [0.2, 0.25) is 0 Å². The van der Waals surface area contributed by atoms with Crippen LogP contribution in [-0.2, 0) is 0 Å². The van der Waals surface area contributed by atoms with Gasteiger partial charge in [-0.1, -0.05) is 103 Å². The van der Waals surface area contributed by atoms with Crippen LogP contribution in [0.3, 0.4) is 0 Å². The summed E-state index contributed by atoms with van der Waals surface area (Å²) in [6.07, 6.45) is 0. The van der Waals surface area contributed by atoms with E-state index < -0.39 is 0 Å². The van der Waals surface area contributed by atoms with Crippen LogP contribution in [0.15, 0.2) is 168 Å². The first-order valence-corrected chi connectivity index (χ1v) is 16.7. The fourth-order valence-corrected chi connectivity index (χ4v) is 8.31. The maximum Gasteiger partial charge on any atom is 0.136 e. The number of furan rings is 1. The summed E-state index contributed by atoms with van der Waals surface area (Å²) in [5, 5.41) is 9.77. The zero-order valence-corrected chi connectivity index (χ0v) is 26.2. The molecule has 3 heteroatoms. The monoisotopic (exact) mass is 617 g/mol. The molecule has 0 fully saturated rings. The number of para-hydroxylation sites is 1. The maximum absolute atomic E-state index is 6.21. The highest BCUT2D eigenvalue weighted by Gasteiger charge is 2.17. The molecule has 2 heterocycles. The molecule has 0 saturated heterocycles. The molecule has 10 aromatic rings. The molecule has 47 heavy (non-hydrogen) atoms. The molecule has 0 spiro atoms. The van der Waals surface area contributed by atoms with Gasteiger partial charge in [0.2, 0.25) is 0 Å². The molecule has 0 atom stereocenters. The smallest absolute Gasteiger partial charge is 0.136 e. The third-order valence-corrected chi connectivity index (χ3v) is 10.5. The first-order valence-electron chi connectivity index (χ1n) is 15.9.